The van der Waals surface area contributed by atoms with Crippen LogP contribution in [0.3, 0.4) is 0 Å². The Morgan fingerprint density at radius 2 is 2.05 bits per heavy atom. The van der Waals surface area contributed by atoms with Crippen molar-refractivity contribution in [3.05, 3.63) is 42.0 Å². The zero-order chi connectivity index (χ0) is 15.7. The van der Waals surface area contributed by atoms with E-state index in [0.29, 0.717) is 13.2 Å². The molecule has 0 amide bonds. The predicted octanol–water partition coefficient (Wildman–Crippen LogP) is 2.15. The second-order valence-electron chi connectivity index (χ2n) is 5.96. The molecule has 1 heterocycles. The van der Waals surface area contributed by atoms with Gasteiger partial charge in [0.2, 0.25) is 0 Å². The summed E-state index contributed by atoms with van der Waals surface area (Å²) in [6.45, 7) is 5.43. The molecular weight excluding hydrogens is 278 g/mol. The maximum Gasteiger partial charge on any atom is 0.323 e. The summed E-state index contributed by atoms with van der Waals surface area (Å²) in [6, 6.07) is 9.52. The maximum absolute atomic E-state index is 12.6. The van der Waals surface area contributed by atoms with Gasteiger partial charge in [-0.1, -0.05) is 36.4 Å². The Hall–Kier alpha value is -1.94. The van der Waals surface area contributed by atoms with Gasteiger partial charge in [0.15, 0.2) is 5.78 Å². The van der Waals surface area contributed by atoms with E-state index < -0.39 is 0 Å². The summed E-state index contributed by atoms with van der Waals surface area (Å²) in [5.41, 5.74) is 1.82. The molecule has 116 valence electrons. The number of hydrogen-bond donors (Lipinski definition) is 0. The summed E-state index contributed by atoms with van der Waals surface area (Å²) >= 11 is 0. The number of fused-ring (bicyclic) bond motifs is 1. The van der Waals surface area contributed by atoms with Crippen LogP contribution in [0.1, 0.15) is 19.4 Å². The number of ketones is 1. The van der Waals surface area contributed by atoms with Gasteiger partial charge in [-0.2, -0.15) is 0 Å². The smallest absolute Gasteiger partial charge is 0.323 e. The van der Waals surface area contributed by atoms with Crippen LogP contribution in [-0.2, 0) is 14.3 Å². The molecule has 4 nitrogen and oxygen atoms in total. The molecule has 2 aliphatic rings. The molecule has 4 heteroatoms. The van der Waals surface area contributed by atoms with Crippen LogP contribution in [0.4, 0.5) is 0 Å². The van der Waals surface area contributed by atoms with Crippen LogP contribution in [0.5, 0.6) is 0 Å². The van der Waals surface area contributed by atoms with Crippen molar-refractivity contribution in [2.75, 3.05) is 19.7 Å². The topological polar surface area (TPSA) is 46.6 Å². The highest BCUT2D eigenvalue weighted by molar-refractivity contribution is 6.24. The fourth-order valence-corrected chi connectivity index (χ4v) is 3.39. The molecule has 3 atom stereocenters. The normalized spacial score (nSPS) is 25.7. The largest absolute Gasteiger partial charge is 0.465 e. The SMILES string of the molecule is CCOC(=O)[C@H](C)N1CC2C=C(c3ccccc3)C(=O)C2C1. The molecule has 0 spiro atoms. The van der Waals surface area contributed by atoms with Gasteiger partial charge in [0.1, 0.15) is 6.04 Å². The predicted molar refractivity (Wildman–Crippen MR) is 84.1 cm³/mol. The second-order valence-corrected chi connectivity index (χ2v) is 5.96. The summed E-state index contributed by atoms with van der Waals surface area (Å²) in [4.78, 5) is 26.6. The number of carbonyl (C=O) groups is 2. The lowest BCUT2D eigenvalue weighted by Gasteiger charge is -2.22. The average Bonchev–Trinajstić information content (AvgIpc) is 3.07. The van der Waals surface area contributed by atoms with Gasteiger partial charge >= 0.3 is 5.97 Å². The minimum atomic E-state index is -0.285. The highest BCUT2D eigenvalue weighted by Crippen LogP contribution is 2.38. The van der Waals surface area contributed by atoms with Crippen molar-refractivity contribution in [2.45, 2.75) is 19.9 Å². The van der Waals surface area contributed by atoms with Crippen molar-refractivity contribution in [1.29, 1.82) is 0 Å². The first-order valence-corrected chi connectivity index (χ1v) is 7.84. The number of carbonyl (C=O) groups excluding carboxylic acids is 2. The van der Waals surface area contributed by atoms with Crippen molar-refractivity contribution in [3.63, 3.8) is 0 Å². The lowest BCUT2D eigenvalue weighted by molar-refractivity contribution is -0.148. The van der Waals surface area contributed by atoms with E-state index in [1.165, 1.54) is 0 Å². The zero-order valence-electron chi connectivity index (χ0n) is 13.0. The molecule has 0 bridgehead atoms. The third-order valence-electron chi connectivity index (χ3n) is 4.64. The van der Waals surface area contributed by atoms with E-state index in [1.807, 2.05) is 44.2 Å². The first-order chi connectivity index (χ1) is 10.6. The van der Waals surface area contributed by atoms with Gasteiger partial charge in [0.25, 0.3) is 0 Å². The van der Waals surface area contributed by atoms with Gasteiger partial charge in [-0.3, -0.25) is 14.5 Å². The Morgan fingerprint density at radius 3 is 2.68 bits per heavy atom. The van der Waals surface area contributed by atoms with Crippen molar-refractivity contribution in [1.82, 2.24) is 4.90 Å². The molecule has 3 rings (SSSR count). The average molecular weight is 299 g/mol. The highest BCUT2D eigenvalue weighted by Gasteiger charge is 2.44. The monoisotopic (exact) mass is 299 g/mol. The molecule has 0 saturated carbocycles. The van der Waals surface area contributed by atoms with E-state index in [2.05, 4.69) is 11.0 Å². The van der Waals surface area contributed by atoms with Gasteiger partial charge in [-0.05, 0) is 19.4 Å². The Kier molecular flexibility index (Phi) is 4.12. The Labute approximate surface area is 130 Å². The Morgan fingerprint density at radius 1 is 1.32 bits per heavy atom. The summed E-state index contributed by atoms with van der Waals surface area (Å²) in [6.07, 6.45) is 2.08. The van der Waals surface area contributed by atoms with Crippen molar-refractivity contribution in [2.24, 2.45) is 11.8 Å². The second kappa shape index (κ2) is 6.05. The Bertz CT molecular complexity index is 608. The van der Waals surface area contributed by atoms with Gasteiger partial charge in [0.05, 0.1) is 6.61 Å². The minimum Gasteiger partial charge on any atom is -0.465 e. The summed E-state index contributed by atoms with van der Waals surface area (Å²) in [5.74, 6) is 0.184. The van der Waals surface area contributed by atoms with Crippen LogP contribution in [-0.4, -0.2) is 42.4 Å². The van der Waals surface area contributed by atoms with Crippen molar-refractivity contribution >= 4 is 17.3 Å². The third kappa shape index (κ3) is 2.59. The van der Waals surface area contributed by atoms with E-state index in [1.54, 1.807) is 0 Å². The third-order valence-corrected chi connectivity index (χ3v) is 4.64. The number of esters is 1. The molecule has 2 unspecified atom stereocenters. The highest BCUT2D eigenvalue weighted by atomic mass is 16.5. The van der Waals surface area contributed by atoms with Crippen molar-refractivity contribution in [3.8, 4) is 0 Å². The van der Waals surface area contributed by atoms with E-state index in [4.69, 9.17) is 4.74 Å². The summed E-state index contributed by atoms with van der Waals surface area (Å²) in [5, 5.41) is 0. The standard InChI is InChI=1S/C18H21NO3/c1-3-22-18(21)12(2)19-10-14-9-15(17(20)16(14)11-19)13-7-5-4-6-8-13/h4-9,12,14,16H,3,10-11H2,1-2H3/t12-,14?,16?/m0/s1. The molecule has 0 radical (unpaired) electrons. The first kappa shape index (κ1) is 15.0. The first-order valence-electron chi connectivity index (χ1n) is 7.84. The van der Waals surface area contributed by atoms with E-state index in [0.717, 1.165) is 17.7 Å². The van der Waals surface area contributed by atoms with Gasteiger partial charge in [-0.15, -0.1) is 0 Å². The molecule has 1 aliphatic heterocycles. The quantitative estimate of drug-likeness (QED) is 0.799. The lowest BCUT2D eigenvalue weighted by Crippen LogP contribution is -2.39. The minimum absolute atomic E-state index is 0.0212. The van der Waals surface area contributed by atoms with Gasteiger partial charge in [-0.25, -0.2) is 0 Å². The van der Waals surface area contributed by atoms with E-state index in [-0.39, 0.29) is 29.6 Å². The van der Waals surface area contributed by atoms with Crippen LogP contribution >= 0.6 is 0 Å². The molecule has 0 N–H and O–H groups in total. The molecule has 1 aliphatic carbocycles. The number of likely N-dealkylation sites (tertiary alicyclic amines) is 1. The lowest BCUT2D eigenvalue weighted by atomic mass is 9.97. The number of allylic oxidation sites excluding steroid dienone is 1. The van der Waals surface area contributed by atoms with Crippen LogP contribution in [0.25, 0.3) is 5.57 Å². The van der Waals surface area contributed by atoms with E-state index >= 15 is 0 Å². The number of benzene rings is 1. The number of Topliss-reactive ketones (excluding diaryl/α,β-unsaturated/α-hetero) is 1. The van der Waals surface area contributed by atoms with Crippen LogP contribution in [0.2, 0.25) is 0 Å². The molecular formula is C18H21NO3. The number of hydrogen-bond acceptors (Lipinski definition) is 4. The number of rotatable bonds is 4. The molecule has 22 heavy (non-hydrogen) atoms. The van der Waals surface area contributed by atoms with E-state index in [9.17, 15) is 9.59 Å². The summed E-state index contributed by atoms with van der Waals surface area (Å²) in [7, 11) is 0. The Balaban J connectivity index is 1.73. The number of ether oxygens (including phenoxy) is 1. The van der Waals surface area contributed by atoms with Crippen LogP contribution in [0, 0.1) is 11.8 Å². The van der Waals surface area contributed by atoms with Crippen LogP contribution < -0.4 is 0 Å². The van der Waals surface area contributed by atoms with Gasteiger partial charge in [0, 0.05) is 30.5 Å². The molecule has 1 aromatic rings. The molecule has 1 aromatic carbocycles. The fourth-order valence-electron chi connectivity index (χ4n) is 3.39. The summed E-state index contributed by atoms with van der Waals surface area (Å²) < 4.78 is 5.07. The zero-order valence-corrected chi connectivity index (χ0v) is 13.0. The molecule has 0 aromatic heterocycles. The number of nitrogens with zero attached hydrogens (tertiary/aromatic N) is 1. The maximum atomic E-state index is 12.6. The van der Waals surface area contributed by atoms with Crippen molar-refractivity contribution < 1.29 is 14.3 Å². The van der Waals surface area contributed by atoms with Crippen LogP contribution in [0.15, 0.2) is 36.4 Å². The molecule has 1 saturated heterocycles. The molecule has 1 fully saturated rings. The van der Waals surface area contributed by atoms with Gasteiger partial charge < -0.3 is 4.74 Å². The fraction of sp³-hybridized carbons (Fsp3) is 0.444.